The maximum Gasteiger partial charge on any atom is 0.151 e. The quantitative estimate of drug-likeness (QED) is 0.737. The number of piperazine rings is 1. The van der Waals surface area contributed by atoms with Gasteiger partial charge in [-0.05, 0) is 37.1 Å². The summed E-state index contributed by atoms with van der Waals surface area (Å²) in [6.45, 7) is 3.91. The molecule has 0 radical (unpaired) electrons. The Morgan fingerprint density at radius 3 is 2.36 bits per heavy atom. The molecule has 3 aromatic rings. The Labute approximate surface area is 147 Å². The topological polar surface area (TPSA) is 45.2 Å². The number of hydrogen-bond donors (Lipinski definition) is 0. The van der Waals surface area contributed by atoms with Gasteiger partial charge in [0.15, 0.2) is 5.82 Å². The van der Waals surface area contributed by atoms with Gasteiger partial charge in [0.2, 0.25) is 0 Å². The van der Waals surface area contributed by atoms with Crippen LogP contribution in [0.3, 0.4) is 0 Å². The number of fused-ring (bicyclic) bond motifs is 1. The average molecular weight is 331 g/mol. The highest BCUT2D eigenvalue weighted by atomic mass is 15.3. The molecule has 2 aromatic heterocycles. The summed E-state index contributed by atoms with van der Waals surface area (Å²) in [6.07, 6.45) is 4.45. The molecule has 5 heteroatoms. The van der Waals surface area contributed by atoms with Crippen molar-refractivity contribution in [2.75, 3.05) is 36.0 Å². The Kier molecular flexibility index (Phi) is 3.51. The van der Waals surface area contributed by atoms with Crippen molar-refractivity contribution in [1.29, 1.82) is 0 Å². The summed E-state index contributed by atoms with van der Waals surface area (Å²) < 4.78 is 0. The lowest BCUT2D eigenvalue weighted by atomic mass is 10.1. The molecule has 0 unspecified atom stereocenters. The summed E-state index contributed by atoms with van der Waals surface area (Å²) in [5.41, 5.74) is 3.50. The second-order valence-electron chi connectivity index (χ2n) is 6.91. The zero-order chi connectivity index (χ0) is 16.6. The van der Waals surface area contributed by atoms with E-state index in [0.717, 1.165) is 43.2 Å². The van der Waals surface area contributed by atoms with E-state index in [0.29, 0.717) is 5.92 Å². The maximum atomic E-state index is 4.47. The van der Waals surface area contributed by atoms with Crippen molar-refractivity contribution >= 4 is 22.4 Å². The van der Waals surface area contributed by atoms with Crippen LogP contribution >= 0.6 is 0 Å². The number of hydrogen-bond acceptors (Lipinski definition) is 5. The molecule has 2 fully saturated rings. The van der Waals surface area contributed by atoms with Crippen LogP contribution in [0.25, 0.3) is 10.9 Å². The minimum Gasteiger partial charge on any atom is -0.367 e. The van der Waals surface area contributed by atoms with E-state index in [1.807, 2.05) is 12.3 Å². The number of rotatable bonds is 3. The second kappa shape index (κ2) is 5.99. The first kappa shape index (κ1) is 14.6. The molecule has 1 saturated heterocycles. The molecule has 1 saturated carbocycles. The smallest absolute Gasteiger partial charge is 0.151 e. The van der Waals surface area contributed by atoms with E-state index in [2.05, 4.69) is 61.4 Å². The van der Waals surface area contributed by atoms with E-state index in [1.54, 1.807) is 0 Å². The molecule has 0 amide bonds. The zero-order valence-electron chi connectivity index (χ0n) is 14.2. The van der Waals surface area contributed by atoms with Gasteiger partial charge in [-0.2, -0.15) is 5.10 Å². The summed E-state index contributed by atoms with van der Waals surface area (Å²) in [5, 5.41) is 10.1. The van der Waals surface area contributed by atoms with Crippen molar-refractivity contribution in [2.45, 2.75) is 18.8 Å². The Morgan fingerprint density at radius 2 is 1.60 bits per heavy atom. The van der Waals surface area contributed by atoms with Gasteiger partial charge in [-0.3, -0.25) is 4.98 Å². The molecule has 0 atom stereocenters. The van der Waals surface area contributed by atoms with Gasteiger partial charge in [-0.25, -0.2) is 0 Å². The fourth-order valence-electron chi connectivity index (χ4n) is 3.63. The number of aromatic nitrogens is 3. The van der Waals surface area contributed by atoms with Crippen molar-refractivity contribution in [2.24, 2.45) is 0 Å². The zero-order valence-corrected chi connectivity index (χ0v) is 14.2. The first-order valence-electron chi connectivity index (χ1n) is 9.06. The van der Waals surface area contributed by atoms with Gasteiger partial charge in [0, 0.05) is 49.4 Å². The van der Waals surface area contributed by atoms with Gasteiger partial charge < -0.3 is 9.80 Å². The summed E-state index contributed by atoms with van der Waals surface area (Å²) in [5.74, 6) is 1.67. The Morgan fingerprint density at radius 1 is 0.800 bits per heavy atom. The number of benzene rings is 1. The predicted octanol–water partition coefficient (Wildman–Crippen LogP) is 3.23. The molecule has 0 bridgehead atoms. The molecular weight excluding hydrogens is 310 g/mol. The van der Waals surface area contributed by atoms with E-state index < -0.39 is 0 Å². The maximum absolute atomic E-state index is 4.47. The van der Waals surface area contributed by atoms with Gasteiger partial charge >= 0.3 is 0 Å². The van der Waals surface area contributed by atoms with Gasteiger partial charge in [0.05, 0.1) is 11.2 Å². The third-order valence-corrected chi connectivity index (χ3v) is 5.24. The number of pyridine rings is 1. The highest BCUT2D eigenvalue weighted by Crippen LogP contribution is 2.38. The van der Waals surface area contributed by atoms with E-state index >= 15 is 0 Å². The number of nitrogens with zero attached hydrogens (tertiary/aromatic N) is 5. The van der Waals surface area contributed by atoms with Crippen molar-refractivity contribution in [1.82, 2.24) is 15.2 Å². The van der Waals surface area contributed by atoms with Gasteiger partial charge in [0.25, 0.3) is 0 Å². The van der Waals surface area contributed by atoms with Crippen LogP contribution in [0.5, 0.6) is 0 Å². The predicted molar refractivity (Wildman–Crippen MR) is 100 cm³/mol. The molecule has 5 rings (SSSR count). The highest BCUT2D eigenvalue weighted by molar-refractivity contribution is 5.91. The average Bonchev–Trinajstić information content (AvgIpc) is 3.53. The molecule has 0 spiro atoms. The summed E-state index contributed by atoms with van der Waals surface area (Å²) in [4.78, 5) is 9.26. The van der Waals surface area contributed by atoms with E-state index in [4.69, 9.17) is 0 Å². The standard InChI is InChI=1S/C20H21N5/c1-2-4-18-16(3-1)19(9-10-21-18)24-11-13-25(14-12-24)20-8-7-17(22-23-20)15-5-6-15/h1-4,7-10,15H,5-6,11-14H2. The normalized spacial score (nSPS) is 17.9. The van der Waals surface area contributed by atoms with Crippen molar-refractivity contribution in [3.05, 3.63) is 54.4 Å². The lowest BCUT2D eigenvalue weighted by Gasteiger charge is -2.37. The number of anilines is 2. The van der Waals surface area contributed by atoms with Crippen LogP contribution in [0, 0.1) is 0 Å². The van der Waals surface area contributed by atoms with E-state index in [9.17, 15) is 0 Å². The van der Waals surface area contributed by atoms with Crippen molar-refractivity contribution in [3.8, 4) is 0 Å². The van der Waals surface area contributed by atoms with Crippen LogP contribution in [-0.4, -0.2) is 41.4 Å². The van der Waals surface area contributed by atoms with Crippen molar-refractivity contribution < 1.29 is 0 Å². The molecule has 2 aliphatic rings. The Hall–Kier alpha value is -2.69. The van der Waals surface area contributed by atoms with Crippen LogP contribution in [0.2, 0.25) is 0 Å². The Bertz CT molecular complexity index is 875. The first-order chi connectivity index (χ1) is 12.4. The minimum absolute atomic E-state index is 0.665. The molecular formula is C20H21N5. The first-order valence-corrected chi connectivity index (χ1v) is 9.06. The van der Waals surface area contributed by atoms with Crippen molar-refractivity contribution in [3.63, 3.8) is 0 Å². The summed E-state index contributed by atoms with van der Waals surface area (Å²) in [6, 6.07) is 14.8. The third kappa shape index (κ3) is 2.80. The largest absolute Gasteiger partial charge is 0.367 e. The Balaban J connectivity index is 1.32. The fraction of sp³-hybridized carbons (Fsp3) is 0.350. The molecule has 25 heavy (non-hydrogen) atoms. The van der Waals surface area contributed by atoms with Gasteiger partial charge in [-0.15, -0.1) is 5.10 Å². The lowest BCUT2D eigenvalue weighted by Crippen LogP contribution is -2.47. The molecule has 1 aliphatic carbocycles. The van der Waals surface area contributed by atoms with Crippen LogP contribution in [0.15, 0.2) is 48.7 Å². The van der Waals surface area contributed by atoms with Crippen LogP contribution in [-0.2, 0) is 0 Å². The SMILES string of the molecule is c1ccc2c(N3CCN(c4ccc(C5CC5)nn4)CC3)ccnc2c1. The van der Waals surface area contributed by atoms with E-state index in [-0.39, 0.29) is 0 Å². The molecule has 3 heterocycles. The summed E-state index contributed by atoms with van der Waals surface area (Å²) in [7, 11) is 0. The highest BCUT2D eigenvalue weighted by Gasteiger charge is 2.26. The minimum atomic E-state index is 0.665. The van der Waals surface area contributed by atoms with Gasteiger partial charge in [-0.1, -0.05) is 18.2 Å². The fourth-order valence-corrected chi connectivity index (χ4v) is 3.63. The second-order valence-corrected chi connectivity index (χ2v) is 6.91. The van der Waals surface area contributed by atoms with Gasteiger partial charge in [0.1, 0.15) is 0 Å². The molecule has 1 aromatic carbocycles. The summed E-state index contributed by atoms with van der Waals surface area (Å²) >= 11 is 0. The molecule has 0 N–H and O–H groups in total. The van der Waals surface area contributed by atoms with Crippen LogP contribution in [0.1, 0.15) is 24.5 Å². The molecule has 126 valence electrons. The van der Waals surface area contributed by atoms with Crippen LogP contribution in [0.4, 0.5) is 11.5 Å². The van der Waals surface area contributed by atoms with E-state index in [1.165, 1.54) is 23.9 Å². The van der Waals surface area contributed by atoms with Crippen LogP contribution < -0.4 is 9.80 Å². The molecule has 5 nitrogen and oxygen atoms in total. The number of para-hydroxylation sites is 1. The molecule has 1 aliphatic heterocycles. The third-order valence-electron chi connectivity index (χ3n) is 5.24. The lowest BCUT2D eigenvalue weighted by molar-refractivity contribution is 0.643. The monoisotopic (exact) mass is 331 g/mol.